The van der Waals surface area contributed by atoms with Gasteiger partial charge in [-0.1, -0.05) is 89.6 Å². The van der Waals surface area contributed by atoms with Gasteiger partial charge >= 0.3 is 6.03 Å². The molecule has 0 unspecified atom stereocenters. The van der Waals surface area contributed by atoms with Gasteiger partial charge in [0.05, 0.1) is 5.02 Å². The van der Waals surface area contributed by atoms with Crippen molar-refractivity contribution >= 4 is 23.5 Å². The number of hydrogen-bond donors (Lipinski definition) is 1. The summed E-state index contributed by atoms with van der Waals surface area (Å²) >= 11 is 6.23. The average molecular weight is 473 g/mol. The van der Waals surface area contributed by atoms with Crippen LogP contribution < -0.4 is 5.32 Å². The summed E-state index contributed by atoms with van der Waals surface area (Å²) in [5, 5.41) is 7.41. The molecule has 1 aliphatic rings. The summed E-state index contributed by atoms with van der Waals surface area (Å²) in [7, 11) is 0. The van der Waals surface area contributed by atoms with E-state index in [0.717, 1.165) is 16.0 Å². The summed E-state index contributed by atoms with van der Waals surface area (Å²) in [6.07, 6.45) is 0.719. The third-order valence-electron chi connectivity index (χ3n) is 5.82. The predicted octanol–water partition coefficient (Wildman–Crippen LogP) is 4.67. The van der Waals surface area contributed by atoms with Gasteiger partial charge in [0.1, 0.15) is 12.1 Å². The van der Waals surface area contributed by atoms with Gasteiger partial charge in [0.2, 0.25) is 11.7 Å². The van der Waals surface area contributed by atoms with Crippen LogP contribution in [0.3, 0.4) is 0 Å². The number of carbonyl (C=O) groups excluding carboxylic acids is 2. The predicted molar refractivity (Wildman–Crippen MR) is 127 cm³/mol. The number of nitrogens with zero attached hydrogens (tertiary/aromatic N) is 3. The maximum Gasteiger partial charge on any atom is 0.325 e. The van der Waals surface area contributed by atoms with Crippen molar-refractivity contribution in [3.63, 3.8) is 0 Å². The van der Waals surface area contributed by atoms with Crippen LogP contribution in [-0.4, -0.2) is 32.5 Å². The van der Waals surface area contributed by atoms with Crippen LogP contribution in [0.5, 0.6) is 0 Å². The SMILES string of the molecule is O=C1NC(Cc2ccccc2)(Cc2ccccc2)C(=O)N1Cc1nc(-c2ccccc2Cl)no1. The number of imide groups is 1. The highest BCUT2D eigenvalue weighted by Gasteiger charge is 2.51. The molecule has 0 aliphatic carbocycles. The largest absolute Gasteiger partial charge is 0.337 e. The topological polar surface area (TPSA) is 88.3 Å². The summed E-state index contributed by atoms with van der Waals surface area (Å²) < 4.78 is 5.34. The van der Waals surface area contributed by atoms with Crippen LogP contribution in [0.4, 0.5) is 4.79 Å². The molecule has 4 aromatic rings. The minimum absolute atomic E-state index is 0.131. The Morgan fingerprint density at radius 3 is 2.06 bits per heavy atom. The van der Waals surface area contributed by atoms with E-state index in [9.17, 15) is 9.59 Å². The van der Waals surface area contributed by atoms with Crippen LogP contribution in [0.15, 0.2) is 89.5 Å². The van der Waals surface area contributed by atoms with Crippen molar-refractivity contribution in [2.24, 2.45) is 0 Å². The Hall–Kier alpha value is -3.97. The number of carbonyl (C=O) groups is 2. The Balaban J connectivity index is 1.43. The molecule has 7 nitrogen and oxygen atoms in total. The van der Waals surface area contributed by atoms with Gasteiger partial charge in [0.15, 0.2) is 0 Å². The van der Waals surface area contributed by atoms with Gasteiger partial charge < -0.3 is 9.84 Å². The van der Waals surface area contributed by atoms with Crippen LogP contribution in [0.1, 0.15) is 17.0 Å². The average Bonchev–Trinajstić information content (AvgIpc) is 3.39. The van der Waals surface area contributed by atoms with Crippen molar-refractivity contribution in [2.75, 3.05) is 0 Å². The fourth-order valence-corrected chi connectivity index (χ4v) is 4.44. The lowest BCUT2D eigenvalue weighted by Crippen LogP contribution is -2.51. The molecule has 1 N–H and O–H groups in total. The molecule has 3 aromatic carbocycles. The molecule has 1 aliphatic heterocycles. The van der Waals surface area contributed by atoms with Gasteiger partial charge in [-0.2, -0.15) is 4.98 Å². The second-order valence-corrected chi connectivity index (χ2v) is 8.63. The molecule has 1 saturated heterocycles. The Morgan fingerprint density at radius 2 is 1.44 bits per heavy atom. The van der Waals surface area contributed by atoms with E-state index < -0.39 is 11.6 Å². The van der Waals surface area contributed by atoms with Crippen molar-refractivity contribution in [3.05, 3.63) is 107 Å². The highest BCUT2D eigenvalue weighted by atomic mass is 35.5. The van der Waals surface area contributed by atoms with E-state index >= 15 is 0 Å². The second-order valence-electron chi connectivity index (χ2n) is 8.22. The number of hydrogen-bond acceptors (Lipinski definition) is 5. The molecule has 5 rings (SSSR count). The summed E-state index contributed by atoms with van der Waals surface area (Å²) in [5.41, 5.74) is 1.39. The molecule has 0 bridgehead atoms. The van der Waals surface area contributed by atoms with Crippen LogP contribution in [-0.2, 0) is 24.2 Å². The molecule has 2 heterocycles. The van der Waals surface area contributed by atoms with Crippen molar-refractivity contribution < 1.29 is 14.1 Å². The second kappa shape index (κ2) is 9.11. The first-order valence-corrected chi connectivity index (χ1v) is 11.2. The number of amides is 3. The van der Waals surface area contributed by atoms with Gasteiger partial charge in [-0.3, -0.25) is 9.69 Å². The maximum absolute atomic E-state index is 13.7. The molecule has 1 aromatic heterocycles. The lowest BCUT2D eigenvalue weighted by Gasteiger charge is -2.27. The Bertz CT molecular complexity index is 1280. The first-order valence-electron chi connectivity index (χ1n) is 10.8. The first kappa shape index (κ1) is 21.9. The van der Waals surface area contributed by atoms with E-state index in [2.05, 4.69) is 15.5 Å². The number of nitrogens with one attached hydrogen (secondary N) is 1. The van der Waals surface area contributed by atoms with Crippen molar-refractivity contribution in [1.82, 2.24) is 20.4 Å². The molecule has 1 fully saturated rings. The highest BCUT2D eigenvalue weighted by Crippen LogP contribution is 2.29. The number of benzene rings is 3. The monoisotopic (exact) mass is 472 g/mol. The number of rotatable bonds is 7. The summed E-state index contributed by atoms with van der Waals surface area (Å²) in [6.45, 7) is -0.131. The molecule has 0 atom stereocenters. The van der Waals surface area contributed by atoms with Crippen molar-refractivity contribution in [3.8, 4) is 11.4 Å². The zero-order valence-electron chi connectivity index (χ0n) is 18.1. The lowest BCUT2D eigenvalue weighted by atomic mass is 9.84. The zero-order chi connectivity index (χ0) is 23.5. The molecular formula is C26H21ClN4O3. The van der Waals surface area contributed by atoms with E-state index in [-0.39, 0.29) is 18.3 Å². The fourth-order valence-electron chi connectivity index (χ4n) is 4.22. The Kier molecular flexibility index (Phi) is 5.86. The standard InChI is InChI=1S/C26H21ClN4O3/c27-21-14-8-7-13-20(21)23-28-22(34-30-23)17-31-24(32)26(29-25(31)33,15-18-9-3-1-4-10-18)16-19-11-5-2-6-12-19/h1-14H,15-17H2,(H,29,33). The zero-order valence-corrected chi connectivity index (χ0v) is 18.9. The van der Waals surface area contributed by atoms with Crippen LogP contribution >= 0.6 is 11.6 Å². The third-order valence-corrected chi connectivity index (χ3v) is 6.15. The third kappa shape index (κ3) is 4.30. The lowest BCUT2D eigenvalue weighted by molar-refractivity contribution is -0.132. The van der Waals surface area contributed by atoms with E-state index in [4.69, 9.17) is 16.1 Å². The number of aromatic nitrogens is 2. The molecule has 34 heavy (non-hydrogen) atoms. The van der Waals surface area contributed by atoms with Gasteiger partial charge in [-0.25, -0.2) is 4.79 Å². The summed E-state index contributed by atoms with van der Waals surface area (Å²) in [5.74, 6) is 0.115. The van der Waals surface area contributed by atoms with E-state index in [1.54, 1.807) is 18.2 Å². The van der Waals surface area contributed by atoms with Gasteiger partial charge in [0.25, 0.3) is 5.91 Å². The maximum atomic E-state index is 13.7. The fraction of sp³-hybridized carbons (Fsp3) is 0.154. The number of urea groups is 1. The van der Waals surface area contributed by atoms with Crippen LogP contribution in [0.2, 0.25) is 5.02 Å². The van der Waals surface area contributed by atoms with Crippen molar-refractivity contribution in [1.29, 1.82) is 0 Å². The minimum atomic E-state index is -1.12. The van der Waals surface area contributed by atoms with E-state index in [1.807, 2.05) is 66.7 Å². The van der Waals surface area contributed by atoms with Gasteiger partial charge in [0, 0.05) is 18.4 Å². The van der Waals surface area contributed by atoms with E-state index in [1.165, 1.54) is 0 Å². The smallest absolute Gasteiger partial charge is 0.325 e. The molecular weight excluding hydrogens is 452 g/mol. The molecule has 0 radical (unpaired) electrons. The highest BCUT2D eigenvalue weighted by molar-refractivity contribution is 6.33. The van der Waals surface area contributed by atoms with Crippen LogP contribution in [0.25, 0.3) is 11.4 Å². The van der Waals surface area contributed by atoms with Gasteiger partial charge in [-0.15, -0.1) is 0 Å². The molecule has 0 spiro atoms. The first-order chi connectivity index (χ1) is 16.5. The normalized spacial score (nSPS) is 14.9. The molecule has 8 heteroatoms. The quantitative estimate of drug-likeness (QED) is 0.395. The van der Waals surface area contributed by atoms with Gasteiger partial charge in [-0.05, 0) is 23.3 Å². The minimum Gasteiger partial charge on any atom is -0.337 e. The number of halogens is 1. The Labute approximate surface area is 201 Å². The summed E-state index contributed by atoms with van der Waals surface area (Å²) in [6, 6.07) is 25.9. The molecule has 0 saturated carbocycles. The Morgan fingerprint density at radius 1 is 0.853 bits per heavy atom. The van der Waals surface area contributed by atoms with E-state index in [0.29, 0.717) is 29.3 Å². The van der Waals surface area contributed by atoms with Crippen molar-refractivity contribution in [2.45, 2.75) is 24.9 Å². The molecule has 3 amide bonds. The van der Waals surface area contributed by atoms with Crippen LogP contribution in [0, 0.1) is 0 Å². The summed E-state index contributed by atoms with van der Waals surface area (Å²) in [4.78, 5) is 32.2. The molecule has 170 valence electrons.